The number of thiazole rings is 1. The molecule has 160 valence electrons. The van der Waals surface area contributed by atoms with Crippen molar-refractivity contribution in [3.8, 4) is 11.5 Å². The number of hydrogen-bond acceptors (Lipinski definition) is 5. The summed E-state index contributed by atoms with van der Waals surface area (Å²) >= 11 is 1.00. The maximum absolute atomic E-state index is 12.6. The lowest BCUT2D eigenvalue weighted by Crippen LogP contribution is -2.40. The predicted molar refractivity (Wildman–Crippen MR) is 117 cm³/mol. The molecule has 1 aromatic carbocycles. The van der Waals surface area contributed by atoms with E-state index in [4.69, 9.17) is 9.47 Å². The first kappa shape index (κ1) is 23.5. The number of alkyl halides is 3. The standard InChI is InChI=1S/C18H21F3N4O2S.HI/c1-2-22-17(23-8-7-16-25-15(11-28-16)18(19,20)21)24-9-12-10-26-13-5-3-4-6-14(13)27-12;/h3-6,11-12H,2,7-10H2,1H3,(H2,22,23,24);1H. The molecule has 2 aromatic rings. The normalized spacial score (nSPS) is 16.1. The summed E-state index contributed by atoms with van der Waals surface area (Å²) in [4.78, 5) is 8.10. The van der Waals surface area contributed by atoms with Gasteiger partial charge in [0.1, 0.15) is 6.61 Å². The number of benzene rings is 1. The highest BCUT2D eigenvalue weighted by Crippen LogP contribution is 2.31. The lowest BCUT2D eigenvalue weighted by molar-refractivity contribution is -0.140. The summed E-state index contributed by atoms with van der Waals surface area (Å²) in [5.41, 5.74) is -0.845. The van der Waals surface area contributed by atoms with Crippen molar-refractivity contribution < 1.29 is 22.6 Å². The Morgan fingerprint density at radius 1 is 1.28 bits per heavy atom. The van der Waals surface area contributed by atoms with Gasteiger partial charge in [-0.1, -0.05) is 12.1 Å². The zero-order chi connectivity index (χ0) is 20.0. The van der Waals surface area contributed by atoms with Crippen LogP contribution in [0, 0.1) is 0 Å². The third-order valence-corrected chi connectivity index (χ3v) is 4.75. The summed E-state index contributed by atoms with van der Waals surface area (Å²) in [7, 11) is 0. The summed E-state index contributed by atoms with van der Waals surface area (Å²) in [6.45, 7) is 3.80. The second-order valence-electron chi connectivity index (χ2n) is 6.02. The zero-order valence-corrected chi connectivity index (χ0v) is 18.8. The number of halogens is 4. The van der Waals surface area contributed by atoms with Crippen LogP contribution < -0.4 is 20.1 Å². The van der Waals surface area contributed by atoms with E-state index in [0.717, 1.165) is 22.5 Å². The number of ether oxygens (including phenoxy) is 2. The molecule has 3 rings (SSSR count). The van der Waals surface area contributed by atoms with Crippen LogP contribution >= 0.6 is 35.3 Å². The fourth-order valence-electron chi connectivity index (χ4n) is 2.53. The van der Waals surface area contributed by atoms with Gasteiger partial charge in [0.15, 0.2) is 29.3 Å². The molecule has 1 aliphatic rings. The lowest BCUT2D eigenvalue weighted by atomic mass is 10.2. The van der Waals surface area contributed by atoms with Gasteiger partial charge in [0.25, 0.3) is 0 Å². The van der Waals surface area contributed by atoms with Gasteiger partial charge in [-0.25, -0.2) is 9.98 Å². The summed E-state index contributed by atoms with van der Waals surface area (Å²) in [6.07, 6.45) is -4.24. The molecule has 1 aromatic heterocycles. The van der Waals surface area contributed by atoms with Crippen LogP contribution in [-0.2, 0) is 12.6 Å². The van der Waals surface area contributed by atoms with Crippen LogP contribution in [0.15, 0.2) is 34.6 Å². The Labute approximate surface area is 187 Å². The molecule has 0 amide bonds. The number of hydrogen-bond donors (Lipinski definition) is 2. The molecular formula is C18H22F3IN4O2S. The molecule has 1 unspecified atom stereocenters. The summed E-state index contributed by atoms with van der Waals surface area (Å²) < 4.78 is 49.3. The SMILES string of the molecule is CCNC(=NCC1COc2ccccc2O1)NCCc1nc(C(F)(F)F)cs1.I. The number of nitrogens with zero attached hydrogens (tertiary/aromatic N) is 2. The average molecular weight is 542 g/mol. The van der Waals surface area contributed by atoms with Crippen molar-refractivity contribution in [1.29, 1.82) is 0 Å². The number of fused-ring (bicyclic) bond motifs is 1. The average Bonchev–Trinajstić information content (AvgIpc) is 3.15. The maximum atomic E-state index is 12.6. The number of aliphatic imine (C=N–C) groups is 1. The van der Waals surface area contributed by atoms with Gasteiger partial charge in [-0.05, 0) is 19.1 Å². The molecule has 0 saturated carbocycles. The van der Waals surface area contributed by atoms with Crippen LogP contribution in [0.3, 0.4) is 0 Å². The molecule has 2 heterocycles. The fourth-order valence-corrected chi connectivity index (χ4v) is 3.34. The van der Waals surface area contributed by atoms with Crippen molar-refractivity contribution in [2.24, 2.45) is 4.99 Å². The van der Waals surface area contributed by atoms with Gasteiger partial charge in [0.05, 0.1) is 11.6 Å². The molecule has 0 bridgehead atoms. The van der Waals surface area contributed by atoms with Crippen LogP contribution in [0.2, 0.25) is 0 Å². The Hall–Kier alpha value is -1.76. The highest BCUT2D eigenvalue weighted by atomic mass is 127. The van der Waals surface area contributed by atoms with E-state index in [2.05, 4.69) is 20.6 Å². The monoisotopic (exact) mass is 542 g/mol. The lowest BCUT2D eigenvalue weighted by Gasteiger charge is -2.25. The molecule has 0 radical (unpaired) electrons. The zero-order valence-electron chi connectivity index (χ0n) is 15.7. The van der Waals surface area contributed by atoms with Crippen LogP contribution in [0.25, 0.3) is 0 Å². The summed E-state index contributed by atoms with van der Waals surface area (Å²) in [5, 5.41) is 7.67. The fraction of sp³-hybridized carbons (Fsp3) is 0.444. The van der Waals surface area contributed by atoms with E-state index < -0.39 is 11.9 Å². The van der Waals surface area contributed by atoms with Gasteiger partial charge >= 0.3 is 6.18 Å². The molecule has 11 heteroatoms. The van der Waals surface area contributed by atoms with Gasteiger partial charge < -0.3 is 20.1 Å². The van der Waals surface area contributed by atoms with Crippen molar-refractivity contribution in [1.82, 2.24) is 15.6 Å². The number of aromatic nitrogens is 1. The van der Waals surface area contributed by atoms with E-state index in [0.29, 0.717) is 49.4 Å². The predicted octanol–water partition coefficient (Wildman–Crippen LogP) is 3.72. The van der Waals surface area contributed by atoms with Crippen LogP contribution in [0.5, 0.6) is 11.5 Å². The van der Waals surface area contributed by atoms with E-state index in [1.165, 1.54) is 0 Å². The van der Waals surface area contributed by atoms with E-state index in [-0.39, 0.29) is 30.1 Å². The quantitative estimate of drug-likeness (QED) is 0.331. The van der Waals surface area contributed by atoms with Gasteiger partial charge in [-0.15, -0.1) is 35.3 Å². The smallest absolute Gasteiger partial charge is 0.434 e. The molecule has 1 atom stereocenters. The molecule has 0 spiro atoms. The van der Waals surface area contributed by atoms with Crippen molar-refractivity contribution in [3.05, 3.63) is 40.3 Å². The molecule has 0 saturated heterocycles. The van der Waals surface area contributed by atoms with Crippen molar-refractivity contribution >= 4 is 41.3 Å². The molecule has 1 aliphatic heterocycles. The second-order valence-corrected chi connectivity index (χ2v) is 6.96. The Bertz CT molecular complexity index is 816. The van der Waals surface area contributed by atoms with Crippen LogP contribution in [0.4, 0.5) is 13.2 Å². The first-order valence-corrected chi connectivity index (χ1v) is 9.76. The Kier molecular flexibility index (Phi) is 8.80. The van der Waals surface area contributed by atoms with Gasteiger partial charge in [0, 0.05) is 24.9 Å². The minimum atomic E-state index is -4.40. The van der Waals surface area contributed by atoms with E-state index in [1.54, 1.807) is 0 Å². The van der Waals surface area contributed by atoms with Gasteiger partial charge in [-0.3, -0.25) is 0 Å². The van der Waals surface area contributed by atoms with Crippen LogP contribution in [-0.4, -0.2) is 43.3 Å². The molecule has 0 aliphatic carbocycles. The summed E-state index contributed by atoms with van der Waals surface area (Å²) in [6, 6.07) is 7.46. The molecule has 2 N–H and O–H groups in total. The van der Waals surface area contributed by atoms with Gasteiger partial charge in [-0.2, -0.15) is 13.2 Å². The Balaban J connectivity index is 0.00000300. The molecule has 0 fully saturated rings. The maximum Gasteiger partial charge on any atom is 0.434 e. The third kappa shape index (κ3) is 6.91. The van der Waals surface area contributed by atoms with E-state index >= 15 is 0 Å². The van der Waals surface area contributed by atoms with Crippen molar-refractivity contribution in [2.45, 2.75) is 25.6 Å². The minimum absolute atomic E-state index is 0. The molecule has 29 heavy (non-hydrogen) atoms. The number of rotatable bonds is 6. The topological polar surface area (TPSA) is 67.8 Å². The largest absolute Gasteiger partial charge is 0.486 e. The number of para-hydroxylation sites is 2. The first-order chi connectivity index (χ1) is 13.5. The van der Waals surface area contributed by atoms with Crippen molar-refractivity contribution in [3.63, 3.8) is 0 Å². The first-order valence-electron chi connectivity index (χ1n) is 8.88. The van der Waals surface area contributed by atoms with E-state index in [1.807, 2.05) is 31.2 Å². The van der Waals surface area contributed by atoms with E-state index in [9.17, 15) is 13.2 Å². The van der Waals surface area contributed by atoms with Crippen molar-refractivity contribution in [2.75, 3.05) is 26.2 Å². The Morgan fingerprint density at radius 2 is 2.03 bits per heavy atom. The third-order valence-electron chi connectivity index (χ3n) is 3.84. The summed E-state index contributed by atoms with van der Waals surface area (Å²) in [5.74, 6) is 1.98. The second kappa shape index (κ2) is 10.9. The Morgan fingerprint density at radius 3 is 2.72 bits per heavy atom. The highest BCUT2D eigenvalue weighted by Gasteiger charge is 2.33. The van der Waals surface area contributed by atoms with Gasteiger partial charge in [0.2, 0.25) is 0 Å². The number of guanidine groups is 1. The minimum Gasteiger partial charge on any atom is -0.486 e. The number of nitrogens with one attached hydrogen (secondary N) is 2. The van der Waals surface area contributed by atoms with Crippen LogP contribution in [0.1, 0.15) is 17.6 Å². The molecule has 6 nitrogen and oxygen atoms in total. The highest BCUT2D eigenvalue weighted by molar-refractivity contribution is 14.0. The molecular weight excluding hydrogens is 520 g/mol.